The molecule has 0 amide bonds. The Morgan fingerprint density at radius 3 is 2.77 bits per heavy atom. The normalized spacial score (nSPS) is 46.1. The number of hydrogen-bond donors (Lipinski definition) is 0. The zero-order valence-electron chi connectivity index (χ0n) is 18.8. The Bertz CT molecular complexity index is 735. The average Bonchev–Trinajstić information content (AvgIpc) is 3.03. The van der Waals surface area contributed by atoms with Crippen LogP contribution in [0.15, 0.2) is 11.6 Å². The minimum absolute atomic E-state index is 0.0249. The smallest absolute Gasteiger partial charge is 0.157 e. The first-order valence-corrected chi connectivity index (χ1v) is 12.5. The van der Waals surface area contributed by atoms with Crippen molar-refractivity contribution in [2.24, 2.45) is 34.5 Å². The standard InChI is InChI=1S/C26H38O4/c1-3-17-14-22(28)25(2)11-10-21-20(24(17)25)8-7-18-15-19(27)9-12-26(18,21)16-30-23-6-4-5-13-29-23/h15,17,20-21,23-24H,3-14,16H2,1-2H3/t17-,20+,21-,23?,24-,25+,26+/m0/s1. The Labute approximate surface area is 181 Å². The molecule has 166 valence electrons. The van der Waals surface area contributed by atoms with E-state index in [0.717, 1.165) is 64.4 Å². The van der Waals surface area contributed by atoms with Crippen molar-refractivity contribution in [1.82, 2.24) is 0 Å². The van der Waals surface area contributed by atoms with E-state index in [-0.39, 0.29) is 22.9 Å². The Morgan fingerprint density at radius 1 is 1.13 bits per heavy atom. The predicted molar refractivity (Wildman–Crippen MR) is 115 cm³/mol. The number of rotatable bonds is 4. The third kappa shape index (κ3) is 3.16. The molecule has 5 aliphatic rings. The molecular formula is C26H38O4. The van der Waals surface area contributed by atoms with Gasteiger partial charge >= 0.3 is 0 Å². The molecule has 0 aromatic rings. The molecule has 3 saturated carbocycles. The van der Waals surface area contributed by atoms with Gasteiger partial charge in [-0.15, -0.1) is 0 Å². The highest BCUT2D eigenvalue weighted by molar-refractivity contribution is 5.92. The van der Waals surface area contributed by atoms with E-state index in [1.807, 2.05) is 6.08 Å². The fourth-order valence-electron chi connectivity index (χ4n) is 8.16. The second-order valence-electron chi connectivity index (χ2n) is 11.0. The quantitative estimate of drug-likeness (QED) is 0.631. The van der Waals surface area contributed by atoms with E-state index < -0.39 is 0 Å². The van der Waals surface area contributed by atoms with Crippen molar-refractivity contribution in [2.75, 3.05) is 13.2 Å². The summed E-state index contributed by atoms with van der Waals surface area (Å²) in [7, 11) is 0. The Morgan fingerprint density at radius 2 is 2.00 bits per heavy atom. The van der Waals surface area contributed by atoms with E-state index in [1.165, 1.54) is 12.0 Å². The van der Waals surface area contributed by atoms with Crippen molar-refractivity contribution in [3.63, 3.8) is 0 Å². The van der Waals surface area contributed by atoms with Gasteiger partial charge in [0.05, 0.1) is 6.61 Å². The van der Waals surface area contributed by atoms with E-state index in [9.17, 15) is 9.59 Å². The molecule has 5 rings (SSSR count). The van der Waals surface area contributed by atoms with Crippen LogP contribution in [-0.4, -0.2) is 31.1 Å². The van der Waals surface area contributed by atoms with Crippen LogP contribution in [-0.2, 0) is 19.1 Å². The number of ether oxygens (including phenoxy) is 2. The summed E-state index contributed by atoms with van der Waals surface area (Å²) in [6.07, 6.45) is 12.8. The molecule has 0 spiro atoms. The molecule has 0 radical (unpaired) electrons. The predicted octanol–water partition coefficient (Wildman–Crippen LogP) is 5.25. The lowest BCUT2D eigenvalue weighted by Gasteiger charge is -2.58. The zero-order chi connectivity index (χ0) is 20.9. The lowest BCUT2D eigenvalue weighted by molar-refractivity contribution is -0.191. The third-order valence-corrected chi connectivity index (χ3v) is 9.72. The van der Waals surface area contributed by atoms with Crippen molar-refractivity contribution in [2.45, 2.75) is 90.8 Å². The van der Waals surface area contributed by atoms with Crippen molar-refractivity contribution in [1.29, 1.82) is 0 Å². The Hall–Kier alpha value is -1.00. The highest BCUT2D eigenvalue weighted by Crippen LogP contribution is 2.66. The largest absolute Gasteiger partial charge is 0.353 e. The first-order valence-electron chi connectivity index (χ1n) is 12.5. The van der Waals surface area contributed by atoms with Crippen molar-refractivity contribution in [3.8, 4) is 0 Å². The van der Waals surface area contributed by atoms with E-state index in [4.69, 9.17) is 9.47 Å². The van der Waals surface area contributed by atoms with Crippen LogP contribution in [0.1, 0.15) is 84.5 Å². The van der Waals surface area contributed by atoms with Gasteiger partial charge in [0.25, 0.3) is 0 Å². The van der Waals surface area contributed by atoms with Crippen LogP contribution in [0.3, 0.4) is 0 Å². The summed E-state index contributed by atoms with van der Waals surface area (Å²) in [5, 5.41) is 0. The number of carbonyl (C=O) groups is 2. The molecule has 1 aliphatic heterocycles. The molecule has 7 atom stereocenters. The van der Waals surface area contributed by atoms with Gasteiger partial charge in [-0.1, -0.05) is 25.8 Å². The molecule has 4 aliphatic carbocycles. The molecule has 1 unspecified atom stereocenters. The summed E-state index contributed by atoms with van der Waals surface area (Å²) in [5.41, 5.74) is 1.20. The molecule has 4 heteroatoms. The average molecular weight is 415 g/mol. The maximum atomic E-state index is 13.0. The van der Waals surface area contributed by atoms with E-state index in [1.54, 1.807) is 0 Å². The summed E-state index contributed by atoms with van der Waals surface area (Å²) in [4.78, 5) is 25.3. The van der Waals surface area contributed by atoms with Crippen molar-refractivity contribution < 1.29 is 19.1 Å². The summed E-state index contributed by atoms with van der Waals surface area (Å²) in [5.74, 6) is 2.96. The van der Waals surface area contributed by atoms with E-state index in [2.05, 4.69) is 13.8 Å². The fraction of sp³-hybridized carbons (Fsp3) is 0.846. The molecular weight excluding hydrogens is 376 g/mol. The maximum Gasteiger partial charge on any atom is 0.157 e. The summed E-state index contributed by atoms with van der Waals surface area (Å²) < 4.78 is 12.3. The van der Waals surface area contributed by atoms with Gasteiger partial charge in [-0.05, 0) is 81.1 Å². The molecule has 0 bridgehead atoms. The van der Waals surface area contributed by atoms with Crippen LogP contribution in [0.4, 0.5) is 0 Å². The lowest BCUT2D eigenvalue weighted by atomic mass is 9.46. The van der Waals surface area contributed by atoms with Crippen LogP contribution < -0.4 is 0 Å². The molecule has 0 aromatic heterocycles. The Kier molecular flexibility index (Phi) is 5.46. The molecule has 0 aromatic carbocycles. The lowest BCUT2D eigenvalue weighted by Crippen LogP contribution is -2.54. The number of hydrogen-bond acceptors (Lipinski definition) is 4. The highest BCUT2D eigenvalue weighted by atomic mass is 16.7. The van der Waals surface area contributed by atoms with Crippen LogP contribution in [0.5, 0.6) is 0 Å². The number of fused-ring (bicyclic) bond motifs is 5. The molecule has 4 nitrogen and oxygen atoms in total. The first-order chi connectivity index (χ1) is 14.5. The van der Waals surface area contributed by atoms with Gasteiger partial charge in [-0.25, -0.2) is 0 Å². The highest BCUT2D eigenvalue weighted by Gasteiger charge is 2.62. The fourth-order valence-corrected chi connectivity index (χ4v) is 8.16. The van der Waals surface area contributed by atoms with Gasteiger partial charge in [0.2, 0.25) is 0 Å². The van der Waals surface area contributed by atoms with Gasteiger partial charge < -0.3 is 9.47 Å². The minimum Gasteiger partial charge on any atom is -0.353 e. The zero-order valence-corrected chi connectivity index (χ0v) is 18.8. The molecule has 1 saturated heterocycles. The van der Waals surface area contributed by atoms with Gasteiger partial charge in [0.15, 0.2) is 12.1 Å². The summed E-state index contributed by atoms with van der Waals surface area (Å²) in [6, 6.07) is 0. The molecule has 1 heterocycles. The first kappa shape index (κ1) is 20.9. The Balaban J connectivity index is 1.46. The SMILES string of the molecule is CC[C@H]1CC(=O)[C@@]2(C)CC[C@H]3[C@@H](CCC4=CC(=O)CC[C@@]43COC3CCCCO3)[C@H]12. The summed E-state index contributed by atoms with van der Waals surface area (Å²) in [6.45, 7) is 6.01. The number of Topliss-reactive ketones (excluding diaryl/α,β-unsaturated/α-hetero) is 1. The third-order valence-electron chi connectivity index (χ3n) is 9.72. The summed E-state index contributed by atoms with van der Waals surface area (Å²) >= 11 is 0. The molecule has 0 N–H and O–H groups in total. The second-order valence-corrected chi connectivity index (χ2v) is 11.0. The van der Waals surface area contributed by atoms with Crippen LogP contribution in [0.2, 0.25) is 0 Å². The monoisotopic (exact) mass is 414 g/mol. The van der Waals surface area contributed by atoms with E-state index >= 15 is 0 Å². The maximum absolute atomic E-state index is 13.0. The van der Waals surface area contributed by atoms with E-state index in [0.29, 0.717) is 42.5 Å². The van der Waals surface area contributed by atoms with Crippen molar-refractivity contribution in [3.05, 3.63) is 11.6 Å². The van der Waals surface area contributed by atoms with Gasteiger partial charge in [-0.3, -0.25) is 9.59 Å². The van der Waals surface area contributed by atoms with Crippen LogP contribution in [0, 0.1) is 34.5 Å². The second kappa shape index (κ2) is 7.85. The van der Waals surface area contributed by atoms with Crippen LogP contribution in [0.25, 0.3) is 0 Å². The van der Waals surface area contributed by atoms with Gasteiger partial charge in [0, 0.05) is 30.3 Å². The van der Waals surface area contributed by atoms with Crippen molar-refractivity contribution >= 4 is 11.6 Å². The van der Waals surface area contributed by atoms with Gasteiger partial charge in [0.1, 0.15) is 5.78 Å². The molecule has 4 fully saturated rings. The minimum atomic E-state index is -0.123. The van der Waals surface area contributed by atoms with Crippen LogP contribution >= 0.6 is 0 Å². The number of ketones is 2. The topological polar surface area (TPSA) is 52.6 Å². The molecule has 30 heavy (non-hydrogen) atoms. The number of carbonyl (C=O) groups excluding carboxylic acids is 2. The van der Waals surface area contributed by atoms with Gasteiger partial charge in [-0.2, -0.15) is 0 Å².